The number of rotatable bonds is 10. The van der Waals surface area contributed by atoms with E-state index in [4.69, 9.17) is 0 Å². The topological polar surface area (TPSA) is 66.9 Å². The van der Waals surface area contributed by atoms with Crippen LogP contribution in [0.15, 0.2) is 33.5 Å². The van der Waals surface area contributed by atoms with Crippen molar-refractivity contribution >= 4 is 51.6 Å². The first-order valence-corrected chi connectivity index (χ1v) is 10.3. The van der Waals surface area contributed by atoms with E-state index in [2.05, 4.69) is 27.8 Å². The third-order valence-electron chi connectivity index (χ3n) is 2.92. The number of thioether (sulfide) groups is 2. The first-order valence-electron chi connectivity index (χ1n) is 7.61. The minimum atomic E-state index is -2.43. The minimum absolute atomic E-state index is 0.0183. The first kappa shape index (κ1) is 19.9. The summed E-state index contributed by atoms with van der Waals surface area (Å²) in [5.41, 5.74) is 0.739. The van der Waals surface area contributed by atoms with Crippen LogP contribution in [0.5, 0.6) is 0 Å². The Bertz CT molecular complexity index is 667. The lowest BCUT2D eigenvalue weighted by molar-refractivity contribution is -0.118. The van der Waals surface area contributed by atoms with Gasteiger partial charge in [0.1, 0.15) is 0 Å². The van der Waals surface area contributed by atoms with Gasteiger partial charge in [-0.25, -0.2) is 0 Å². The maximum Gasteiger partial charge on any atom is 0.288 e. The first-order chi connectivity index (χ1) is 12.1. The van der Waals surface area contributed by atoms with Gasteiger partial charge in [0, 0.05) is 17.1 Å². The lowest BCUT2D eigenvalue weighted by Gasteiger charge is -2.04. The highest BCUT2D eigenvalue weighted by molar-refractivity contribution is 8.01. The highest BCUT2D eigenvalue weighted by Gasteiger charge is 2.09. The van der Waals surface area contributed by atoms with E-state index < -0.39 is 5.76 Å². The number of hydrogen-bond acceptors (Lipinski definition) is 7. The molecular formula is C15H18F2N4OS3. The van der Waals surface area contributed by atoms with Gasteiger partial charge in [-0.2, -0.15) is 8.78 Å². The van der Waals surface area contributed by atoms with Crippen LogP contribution in [-0.4, -0.2) is 34.2 Å². The summed E-state index contributed by atoms with van der Waals surface area (Å²) in [5, 5.41) is 14.5. The summed E-state index contributed by atoms with van der Waals surface area (Å²) in [6.45, 7) is 2.76. The Morgan fingerprint density at radius 2 is 2.04 bits per heavy atom. The van der Waals surface area contributed by atoms with Crippen molar-refractivity contribution in [2.45, 2.75) is 34.8 Å². The number of alkyl halides is 2. The monoisotopic (exact) mass is 404 g/mol. The van der Waals surface area contributed by atoms with Crippen molar-refractivity contribution < 1.29 is 13.6 Å². The van der Waals surface area contributed by atoms with E-state index in [0.717, 1.165) is 18.5 Å². The van der Waals surface area contributed by atoms with Crippen molar-refractivity contribution in [3.63, 3.8) is 0 Å². The molecule has 0 fully saturated rings. The smallest absolute Gasteiger partial charge is 0.288 e. The fraction of sp³-hybridized carbons (Fsp3) is 0.400. The van der Waals surface area contributed by atoms with Crippen molar-refractivity contribution in [3.8, 4) is 0 Å². The van der Waals surface area contributed by atoms with E-state index in [-0.39, 0.29) is 5.91 Å². The van der Waals surface area contributed by atoms with Crippen LogP contribution < -0.4 is 10.6 Å². The zero-order valence-corrected chi connectivity index (χ0v) is 15.9. The average Bonchev–Trinajstić information content (AvgIpc) is 3.02. The van der Waals surface area contributed by atoms with E-state index in [1.54, 1.807) is 24.3 Å². The third-order valence-corrected chi connectivity index (χ3v) is 5.61. The SMILES string of the molecule is CCCCNC(=O)CSc1nnc(Nc2ccc(SC(F)F)cc2)s1. The third kappa shape index (κ3) is 7.57. The normalized spacial score (nSPS) is 10.9. The Morgan fingerprint density at radius 3 is 2.72 bits per heavy atom. The van der Waals surface area contributed by atoms with E-state index in [0.29, 0.717) is 38.4 Å². The van der Waals surface area contributed by atoms with Crippen LogP contribution in [0.4, 0.5) is 19.6 Å². The van der Waals surface area contributed by atoms with Gasteiger partial charge in [0.05, 0.1) is 5.75 Å². The molecular weight excluding hydrogens is 386 g/mol. The van der Waals surface area contributed by atoms with Gasteiger partial charge in [-0.1, -0.05) is 48.2 Å². The predicted octanol–water partition coefficient (Wildman–Crippen LogP) is 4.60. The van der Waals surface area contributed by atoms with E-state index in [1.165, 1.54) is 23.1 Å². The number of hydrogen-bond donors (Lipinski definition) is 2. The molecule has 0 bridgehead atoms. The second kappa shape index (κ2) is 10.6. The lowest BCUT2D eigenvalue weighted by Crippen LogP contribution is -2.25. The summed E-state index contributed by atoms with van der Waals surface area (Å²) in [6, 6.07) is 6.66. The minimum Gasteiger partial charge on any atom is -0.355 e. The molecule has 0 spiro atoms. The molecule has 0 saturated heterocycles. The van der Waals surface area contributed by atoms with Gasteiger partial charge in [-0.3, -0.25) is 4.79 Å². The molecule has 1 aromatic heterocycles. The largest absolute Gasteiger partial charge is 0.355 e. The number of anilines is 2. The quantitative estimate of drug-likeness (QED) is 0.445. The van der Waals surface area contributed by atoms with Crippen LogP contribution >= 0.6 is 34.9 Å². The molecule has 0 saturated carbocycles. The Balaban J connectivity index is 1.79. The van der Waals surface area contributed by atoms with Gasteiger partial charge < -0.3 is 10.6 Å². The van der Waals surface area contributed by atoms with Crippen LogP contribution in [0, 0.1) is 0 Å². The van der Waals surface area contributed by atoms with E-state index >= 15 is 0 Å². The molecule has 2 aromatic rings. The number of aromatic nitrogens is 2. The number of nitrogens with zero attached hydrogens (tertiary/aromatic N) is 2. The summed E-state index contributed by atoms with van der Waals surface area (Å²) in [6.07, 6.45) is 2.01. The molecule has 1 amide bonds. The van der Waals surface area contributed by atoms with Crippen LogP contribution in [0.25, 0.3) is 0 Å². The van der Waals surface area contributed by atoms with Gasteiger partial charge >= 0.3 is 0 Å². The Kier molecular flexibility index (Phi) is 8.42. The molecule has 10 heteroatoms. The van der Waals surface area contributed by atoms with E-state index in [1.807, 2.05) is 0 Å². The fourth-order valence-electron chi connectivity index (χ4n) is 1.74. The molecule has 0 atom stereocenters. The second-order valence-electron chi connectivity index (χ2n) is 4.89. The molecule has 0 radical (unpaired) electrons. The highest BCUT2D eigenvalue weighted by Crippen LogP contribution is 2.29. The molecule has 0 unspecified atom stereocenters. The maximum atomic E-state index is 12.3. The van der Waals surface area contributed by atoms with Crippen LogP contribution in [0.2, 0.25) is 0 Å². The number of nitrogens with one attached hydrogen (secondary N) is 2. The van der Waals surface area contributed by atoms with Gasteiger partial charge in [0.15, 0.2) is 4.34 Å². The zero-order valence-electron chi connectivity index (χ0n) is 13.5. The van der Waals surface area contributed by atoms with Gasteiger partial charge in [0.25, 0.3) is 5.76 Å². The number of carbonyl (C=O) groups is 1. The summed E-state index contributed by atoms with van der Waals surface area (Å²) < 4.78 is 25.3. The summed E-state index contributed by atoms with van der Waals surface area (Å²) in [5.74, 6) is -2.14. The molecule has 0 aliphatic rings. The van der Waals surface area contributed by atoms with Crippen LogP contribution in [0.1, 0.15) is 19.8 Å². The number of carbonyl (C=O) groups excluding carboxylic acids is 1. The summed E-state index contributed by atoms with van der Waals surface area (Å²) in [7, 11) is 0. The molecule has 5 nitrogen and oxygen atoms in total. The number of amides is 1. The maximum absolute atomic E-state index is 12.3. The Hall–Kier alpha value is -1.39. The van der Waals surface area contributed by atoms with Crippen molar-refractivity contribution in [2.24, 2.45) is 0 Å². The van der Waals surface area contributed by atoms with Gasteiger partial charge in [0.2, 0.25) is 11.0 Å². The molecule has 1 aromatic carbocycles. The number of unbranched alkanes of at least 4 members (excludes halogenated alkanes) is 1. The van der Waals surface area contributed by atoms with Crippen molar-refractivity contribution in [1.29, 1.82) is 0 Å². The zero-order chi connectivity index (χ0) is 18.1. The molecule has 2 rings (SSSR count). The molecule has 0 aliphatic carbocycles. The molecule has 136 valence electrons. The highest BCUT2D eigenvalue weighted by atomic mass is 32.2. The summed E-state index contributed by atoms with van der Waals surface area (Å²) >= 11 is 3.18. The molecule has 0 aliphatic heterocycles. The van der Waals surface area contributed by atoms with E-state index in [9.17, 15) is 13.6 Å². The van der Waals surface area contributed by atoms with Crippen molar-refractivity contribution in [3.05, 3.63) is 24.3 Å². The lowest BCUT2D eigenvalue weighted by atomic mass is 10.3. The number of benzene rings is 1. The fourth-order valence-corrected chi connectivity index (χ4v) is 3.85. The standard InChI is InChI=1S/C15H18F2N4OS3/c1-2-3-8-18-12(22)9-23-15-21-20-14(25-15)19-10-4-6-11(7-5-10)24-13(16)17/h4-7,13H,2-3,8-9H2,1H3,(H,18,22)(H,19,20). The Morgan fingerprint density at radius 1 is 1.28 bits per heavy atom. The van der Waals surface area contributed by atoms with Crippen molar-refractivity contribution in [2.75, 3.05) is 17.6 Å². The van der Waals surface area contributed by atoms with Crippen molar-refractivity contribution in [1.82, 2.24) is 15.5 Å². The molecule has 1 heterocycles. The number of halogens is 2. The van der Waals surface area contributed by atoms with Crippen LogP contribution in [0.3, 0.4) is 0 Å². The second-order valence-corrected chi connectivity index (χ2v) is 8.16. The molecule has 2 N–H and O–H groups in total. The molecule has 25 heavy (non-hydrogen) atoms. The average molecular weight is 405 g/mol. The Labute approximate surface area is 157 Å². The summed E-state index contributed by atoms with van der Waals surface area (Å²) in [4.78, 5) is 12.2. The van der Waals surface area contributed by atoms with Crippen LogP contribution in [-0.2, 0) is 4.79 Å². The van der Waals surface area contributed by atoms with Gasteiger partial charge in [-0.05, 0) is 30.7 Å². The van der Waals surface area contributed by atoms with Gasteiger partial charge in [-0.15, -0.1) is 10.2 Å². The predicted molar refractivity (Wildman–Crippen MR) is 100 cm³/mol.